The highest BCUT2D eigenvalue weighted by Gasteiger charge is 2.24. The van der Waals surface area contributed by atoms with Crippen molar-refractivity contribution in [3.05, 3.63) is 10.4 Å². The smallest absolute Gasteiger partial charge is 0.260 e. The molecule has 7 nitrogen and oxygen atoms in total. The van der Waals surface area contributed by atoms with Gasteiger partial charge in [-0.2, -0.15) is 0 Å². The summed E-state index contributed by atoms with van der Waals surface area (Å²) in [5, 5.41) is 3.55. The van der Waals surface area contributed by atoms with Gasteiger partial charge < -0.3 is 27.3 Å². The zero-order valence-electron chi connectivity index (χ0n) is 10.9. The zero-order valence-corrected chi connectivity index (χ0v) is 11.7. The second kappa shape index (κ2) is 6.39. The van der Waals surface area contributed by atoms with Crippen LogP contribution < -0.4 is 22.5 Å². The molecule has 0 aliphatic carbocycles. The number of hydrogen-bond donors (Lipinski definition) is 4. The maximum atomic E-state index is 11.4. The third-order valence-corrected chi connectivity index (χ3v) is 3.76. The van der Waals surface area contributed by atoms with Gasteiger partial charge in [-0.3, -0.25) is 9.59 Å². The predicted octanol–water partition coefficient (Wildman–Crippen LogP) is 0.365. The second-order valence-corrected chi connectivity index (χ2v) is 5.00. The van der Waals surface area contributed by atoms with E-state index in [4.69, 9.17) is 21.9 Å². The van der Waals surface area contributed by atoms with E-state index < -0.39 is 11.8 Å². The Morgan fingerprint density at radius 1 is 1.37 bits per heavy atom. The molecule has 0 saturated heterocycles. The Kier molecular flexibility index (Phi) is 5.13. The van der Waals surface area contributed by atoms with Gasteiger partial charge in [0.25, 0.3) is 11.8 Å². The minimum Gasteiger partial charge on any atom is -0.397 e. The first-order valence-electron chi connectivity index (χ1n) is 5.69. The Balaban J connectivity index is 3.15. The number of methoxy groups -OCH3 is 1. The lowest BCUT2D eigenvalue weighted by molar-refractivity contribution is 0.0999. The van der Waals surface area contributed by atoms with Crippen LogP contribution in [0.3, 0.4) is 0 Å². The lowest BCUT2D eigenvalue weighted by atomic mass is 10.2. The van der Waals surface area contributed by atoms with Gasteiger partial charge >= 0.3 is 0 Å². The highest BCUT2D eigenvalue weighted by Crippen LogP contribution is 2.35. The molecule has 1 heterocycles. The van der Waals surface area contributed by atoms with Crippen LogP contribution >= 0.6 is 11.3 Å². The number of ether oxygens (including phenoxy) is 1. The monoisotopic (exact) mass is 286 g/mol. The van der Waals surface area contributed by atoms with E-state index in [1.165, 1.54) is 0 Å². The van der Waals surface area contributed by atoms with Crippen molar-refractivity contribution >= 4 is 33.8 Å². The van der Waals surface area contributed by atoms with Gasteiger partial charge in [-0.05, 0) is 6.42 Å². The number of nitrogens with two attached hydrogens (primary N) is 3. The largest absolute Gasteiger partial charge is 0.397 e. The van der Waals surface area contributed by atoms with Crippen molar-refractivity contribution in [2.45, 2.75) is 19.4 Å². The Labute approximate surface area is 115 Å². The van der Waals surface area contributed by atoms with Gasteiger partial charge in [-0.25, -0.2) is 0 Å². The molecular weight excluding hydrogens is 268 g/mol. The SMILES string of the molecule is CCC(COC)Nc1sc(C(N)=O)c(N)c1C(N)=O. The van der Waals surface area contributed by atoms with Crippen molar-refractivity contribution in [1.82, 2.24) is 0 Å². The van der Waals surface area contributed by atoms with Gasteiger partial charge in [0, 0.05) is 13.2 Å². The van der Waals surface area contributed by atoms with Crippen LogP contribution in [0.25, 0.3) is 0 Å². The first-order valence-corrected chi connectivity index (χ1v) is 6.51. The molecule has 0 aliphatic heterocycles. The number of anilines is 2. The first kappa shape index (κ1) is 15.3. The summed E-state index contributed by atoms with van der Waals surface area (Å²) in [5.41, 5.74) is 16.4. The summed E-state index contributed by atoms with van der Waals surface area (Å²) in [4.78, 5) is 22.8. The molecule has 8 heteroatoms. The minimum absolute atomic E-state index is 0.0122. The van der Waals surface area contributed by atoms with E-state index in [1.54, 1.807) is 7.11 Å². The average Bonchev–Trinajstić information content (AvgIpc) is 2.65. The number of rotatable bonds is 7. The maximum absolute atomic E-state index is 11.4. The molecule has 1 aromatic rings. The Bertz CT molecular complexity index is 487. The highest BCUT2D eigenvalue weighted by atomic mass is 32.1. The van der Waals surface area contributed by atoms with Crippen molar-refractivity contribution in [1.29, 1.82) is 0 Å². The molecule has 0 aromatic carbocycles. The fourth-order valence-electron chi connectivity index (χ4n) is 1.62. The summed E-state index contributed by atoms with van der Waals surface area (Å²) in [7, 11) is 1.58. The first-order chi connectivity index (χ1) is 8.92. The van der Waals surface area contributed by atoms with Crippen molar-refractivity contribution in [3.8, 4) is 0 Å². The van der Waals surface area contributed by atoms with Gasteiger partial charge in [0.2, 0.25) is 0 Å². The molecule has 1 unspecified atom stereocenters. The van der Waals surface area contributed by atoms with Gasteiger partial charge in [-0.15, -0.1) is 11.3 Å². The van der Waals surface area contributed by atoms with Crippen LogP contribution in [0.1, 0.15) is 33.4 Å². The van der Waals surface area contributed by atoms with E-state index in [-0.39, 0.29) is 22.2 Å². The molecule has 19 heavy (non-hydrogen) atoms. The summed E-state index contributed by atoms with van der Waals surface area (Å²) in [6.45, 7) is 2.42. The predicted molar refractivity (Wildman–Crippen MR) is 75.3 cm³/mol. The average molecular weight is 286 g/mol. The van der Waals surface area contributed by atoms with Crippen LogP contribution in [0.4, 0.5) is 10.7 Å². The zero-order chi connectivity index (χ0) is 14.6. The number of carbonyl (C=O) groups is 2. The number of nitrogens with one attached hydrogen (secondary N) is 1. The molecule has 1 rings (SSSR count). The molecule has 0 bridgehead atoms. The normalized spacial score (nSPS) is 12.1. The fraction of sp³-hybridized carbons (Fsp3) is 0.455. The van der Waals surface area contributed by atoms with Gasteiger partial charge in [0.05, 0.1) is 17.9 Å². The standard InChI is InChI=1S/C11H18N4O3S/c1-3-5(4-18-2)15-11-6(9(13)16)7(12)8(19-11)10(14)17/h5,15H,3-4,12H2,1-2H3,(H2,13,16)(H2,14,17). The lowest BCUT2D eigenvalue weighted by Crippen LogP contribution is -2.25. The van der Waals surface area contributed by atoms with E-state index in [0.717, 1.165) is 17.8 Å². The topological polar surface area (TPSA) is 133 Å². The van der Waals surface area contributed by atoms with Crippen LogP contribution in [0, 0.1) is 0 Å². The van der Waals surface area contributed by atoms with Crippen LogP contribution in [0.2, 0.25) is 0 Å². The molecule has 1 atom stereocenters. The van der Waals surface area contributed by atoms with Gasteiger partial charge in [0.1, 0.15) is 9.88 Å². The fourth-order valence-corrected chi connectivity index (χ4v) is 2.68. The van der Waals surface area contributed by atoms with Crippen LogP contribution in [0.15, 0.2) is 0 Å². The lowest BCUT2D eigenvalue weighted by Gasteiger charge is -2.16. The van der Waals surface area contributed by atoms with Crippen molar-refractivity contribution in [3.63, 3.8) is 0 Å². The van der Waals surface area contributed by atoms with Crippen molar-refractivity contribution < 1.29 is 14.3 Å². The molecule has 2 amide bonds. The van der Waals surface area contributed by atoms with Crippen molar-refractivity contribution in [2.24, 2.45) is 11.5 Å². The molecule has 106 valence electrons. The van der Waals surface area contributed by atoms with Crippen LogP contribution in [-0.2, 0) is 4.74 Å². The molecule has 0 aliphatic rings. The van der Waals surface area contributed by atoms with E-state index in [9.17, 15) is 9.59 Å². The Hall–Kier alpha value is -1.80. The van der Waals surface area contributed by atoms with Crippen LogP contribution in [-0.4, -0.2) is 31.6 Å². The number of hydrogen-bond acceptors (Lipinski definition) is 6. The second-order valence-electron chi connectivity index (χ2n) is 3.98. The molecule has 0 fully saturated rings. The van der Waals surface area contributed by atoms with E-state index in [0.29, 0.717) is 11.6 Å². The number of carbonyl (C=O) groups excluding carboxylic acids is 2. The van der Waals surface area contributed by atoms with Crippen LogP contribution in [0.5, 0.6) is 0 Å². The third-order valence-electron chi connectivity index (χ3n) is 2.61. The molecule has 0 saturated carbocycles. The quantitative estimate of drug-likeness (QED) is 0.574. The van der Waals surface area contributed by atoms with E-state index >= 15 is 0 Å². The summed E-state index contributed by atoms with van der Waals surface area (Å²) < 4.78 is 5.05. The summed E-state index contributed by atoms with van der Waals surface area (Å²) in [6.07, 6.45) is 0.774. The van der Waals surface area contributed by atoms with E-state index in [1.807, 2.05) is 6.92 Å². The van der Waals surface area contributed by atoms with Crippen molar-refractivity contribution in [2.75, 3.05) is 24.8 Å². The maximum Gasteiger partial charge on any atom is 0.260 e. The Morgan fingerprint density at radius 3 is 2.42 bits per heavy atom. The van der Waals surface area contributed by atoms with Gasteiger partial charge in [-0.1, -0.05) is 6.92 Å². The van der Waals surface area contributed by atoms with Gasteiger partial charge in [0.15, 0.2) is 0 Å². The molecule has 7 N–H and O–H groups in total. The molecule has 1 aromatic heterocycles. The number of primary amides is 2. The number of nitrogen functional groups attached to an aromatic ring is 1. The summed E-state index contributed by atoms with van der Waals surface area (Å²) in [6, 6.07) is -0.0122. The highest BCUT2D eigenvalue weighted by molar-refractivity contribution is 7.19. The number of thiophene rings is 1. The molecule has 0 spiro atoms. The molecule has 0 radical (unpaired) electrons. The summed E-state index contributed by atoms with van der Waals surface area (Å²) in [5.74, 6) is -1.38. The Morgan fingerprint density at radius 2 is 2.00 bits per heavy atom. The van der Waals surface area contributed by atoms with E-state index in [2.05, 4.69) is 5.32 Å². The summed E-state index contributed by atoms with van der Waals surface area (Å²) >= 11 is 1.03. The minimum atomic E-state index is -0.698. The number of amides is 2. The third kappa shape index (κ3) is 3.36. The molecular formula is C11H18N4O3S.